The lowest BCUT2D eigenvalue weighted by molar-refractivity contribution is 0.567. The molecule has 0 atom stereocenters. The molecule has 1 aliphatic heterocycles. The molecule has 0 amide bonds. The summed E-state index contributed by atoms with van der Waals surface area (Å²) in [4.78, 5) is 12.2. The molecule has 1 N–H and O–H groups in total. The monoisotopic (exact) mass is 269 g/mol. The molecular weight excluding hydrogens is 258 g/mol. The number of allylic oxidation sites excluding steroid dienone is 2. The van der Waals surface area contributed by atoms with Gasteiger partial charge in [-0.05, 0) is 22.9 Å². The molecule has 0 bridgehead atoms. The highest BCUT2D eigenvalue weighted by Gasteiger charge is 2.14. The molecule has 0 radical (unpaired) electrons. The Hall–Kier alpha value is -2.27. The van der Waals surface area contributed by atoms with Gasteiger partial charge in [0, 0.05) is 0 Å². The van der Waals surface area contributed by atoms with E-state index >= 15 is 0 Å². The summed E-state index contributed by atoms with van der Waals surface area (Å²) in [5, 5.41) is 5.26. The highest BCUT2D eigenvalue weighted by Crippen LogP contribution is 2.41. The van der Waals surface area contributed by atoms with E-state index in [-0.39, 0.29) is 0 Å². The molecule has 3 aromatic rings. The molecule has 0 spiro atoms. The van der Waals surface area contributed by atoms with E-state index in [9.17, 15) is 0 Å². The van der Waals surface area contributed by atoms with Crippen molar-refractivity contribution in [2.24, 2.45) is 0 Å². The lowest BCUT2D eigenvalue weighted by Gasteiger charge is -2.02. The van der Waals surface area contributed by atoms with Gasteiger partial charge in [0.25, 0.3) is 5.89 Å². The van der Waals surface area contributed by atoms with Crippen LogP contribution >= 0.6 is 10.9 Å². The summed E-state index contributed by atoms with van der Waals surface area (Å²) < 4.78 is 5.54. The number of H-pyrrole nitrogens is 1. The van der Waals surface area contributed by atoms with Crippen molar-refractivity contribution in [3.63, 3.8) is 0 Å². The summed E-state index contributed by atoms with van der Waals surface area (Å²) in [7, 11) is -0.441. The van der Waals surface area contributed by atoms with Gasteiger partial charge in [-0.25, -0.2) is 9.97 Å². The van der Waals surface area contributed by atoms with Crippen LogP contribution < -0.4 is 0 Å². The van der Waals surface area contributed by atoms with Crippen LogP contribution in [0.5, 0.6) is 0 Å². The van der Waals surface area contributed by atoms with Crippen LogP contribution in [-0.2, 0) is 0 Å². The largest absolute Gasteiger partial charge is 0.441 e. The lowest BCUT2D eigenvalue weighted by atomic mass is 10.3. The standard InChI is InChI=1S/C14H11N3OS/c1-2-6-11-10(5-1)15-13(16-11)14-17-12(9-18-14)19-7-3-4-8-19/h1-9,19H,(H,15,16). The van der Waals surface area contributed by atoms with Crippen molar-refractivity contribution in [1.82, 2.24) is 15.0 Å². The first kappa shape index (κ1) is 10.6. The normalized spacial score (nSPS) is 15.7. The van der Waals surface area contributed by atoms with Crippen molar-refractivity contribution in [2.45, 2.75) is 5.03 Å². The number of imidazole rings is 1. The fourth-order valence-electron chi connectivity index (χ4n) is 2.03. The van der Waals surface area contributed by atoms with Crippen LogP contribution in [0, 0.1) is 0 Å². The van der Waals surface area contributed by atoms with Gasteiger partial charge in [-0.3, -0.25) is 0 Å². The Morgan fingerprint density at radius 3 is 2.74 bits per heavy atom. The predicted molar refractivity (Wildman–Crippen MR) is 77.1 cm³/mol. The summed E-state index contributed by atoms with van der Waals surface area (Å²) in [6.45, 7) is 0. The number of hydrogen-bond acceptors (Lipinski definition) is 3. The van der Waals surface area contributed by atoms with Crippen LogP contribution in [0.1, 0.15) is 0 Å². The van der Waals surface area contributed by atoms with Crippen molar-refractivity contribution >= 4 is 21.9 Å². The quantitative estimate of drug-likeness (QED) is 0.699. The Kier molecular flexibility index (Phi) is 2.31. The van der Waals surface area contributed by atoms with Gasteiger partial charge < -0.3 is 9.40 Å². The number of thiol groups is 1. The number of aromatic amines is 1. The maximum absolute atomic E-state index is 5.54. The van der Waals surface area contributed by atoms with Crippen molar-refractivity contribution in [1.29, 1.82) is 0 Å². The summed E-state index contributed by atoms with van der Waals surface area (Å²) in [6.07, 6.45) is 5.80. The Morgan fingerprint density at radius 2 is 1.89 bits per heavy atom. The minimum Gasteiger partial charge on any atom is -0.441 e. The molecule has 0 unspecified atom stereocenters. The SMILES string of the molecule is C1=C[SH](c2coc(-c3nc4ccccc4[nH]3)n2)C=C1. The molecule has 0 aliphatic carbocycles. The predicted octanol–water partition coefficient (Wildman–Crippen LogP) is 3.62. The van der Waals surface area contributed by atoms with E-state index in [0.29, 0.717) is 11.7 Å². The molecule has 3 heterocycles. The van der Waals surface area contributed by atoms with E-state index < -0.39 is 10.9 Å². The first-order valence-electron chi connectivity index (χ1n) is 5.94. The second kappa shape index (κ2) is 4.13. The topological polar surface area (TPSA) is 54.7 Å². The average molecular weight is 269 g/mol. The van der Waals surface area contributed by atoms with E-state index in [1.807, 2.05) is 36.4 Å². The zero-order valence-electron chi connectivity index (χ0n) is 9.95. The van der Waals surface area contributed by atoms with Gasteiger partial charge in [0.2, 0.25) is 0 Å². The summed E-state index contributed by atoms with van der Waals surface area (Å²) in [5.41, 5.74) is 1.91. The molecule has 19 heavy (non-hydrogen) atoms. The molecule has 4 rings (SSSR count). The van der Waals surface area contributed by atoms with Crippen LogP contribution in [0.15, 0.2) is 62.9 Å². The number of aromatic nitrogens is 3. The minimum absolute atomic E-state index is 0.441. The molecule has 94 valence electrons. The number of nitrogens with one attached hydrogen (secondary N) is 1. The van der Waals surface area contributed by atoms with E-state index in [2.05, 4.69) is 25.8 Å². The highest BCUT2D eigenvalue weighted by atomic mass is 32.2. The number of benzene rings is 1. The molecule has 4 nitrogen and oxygen atoms in total. The van der Waals surface area contributed by atoms with Gasteiger partial charge in [-0.15, -0.1) is 0 Å². The van der Waals surface area contributed by atoms with E-state index in [1.165, 1.54) is 0 Å². The van der Waals surface area contributed by atoms with Crippen LogP contribution in [-0.4, -0.2) is 15.0 Å². The Morgan fingerprint density at radius 1 is 1.05 bits per heavy atom. The van der Waals surface area contributed by atoms with E-state index in [4.69, 9.17) is 4.42 Å². The van der Waals surface area contributed by atoms with Crippen molar-refractivity contribution < 1.29 is 4.42 Å². The second-order valence-electron chi connectivity index (χ2n) is 4.20. The summed E-state index contributed by atoms with van der Waals surface area (Å²) in [5.74, 6) is 1.22. The number of fused-ring (bicyclic) bond motifs is 1. The summed E-state index contributed by atoms with van der Waals surface area (Å²) >= 11 is 0. The van der Waals surface area contributed by atoms with Crippen LogP contribution in [0.25, 0.3) is 22.7 Å². The van der Waals surface area contributed by atoms with Gasteiger partial charge in [-0.2, -0.15) is 10.9 Å². The zero-order valence-corrected chi connectivity index (χ0v) is 10.8. The van der Waals surface area contributed by atoms with Crippen LogP contribution in [0.3, 0.4) is 0 Å². The third-order valence-corrected chi connectivity index (χ3v) is 4.67. The van der Waals surface area contributed by atoms with Gasteiger partial charge in [-0.1, -0.05) is 24.3 Å². The van der Waals surface area contributed by atoms with E-state index in [1.54, 1.807) is 6.26 Å². The Labute approximate surface area is 112 Å². The Balaban J connectivity index is 1.75. The van der Waals surface area contributed by atoms with Crippen molar-refractivity contribution in [2.75, 3.05) is 0 Å². The number of nitrogens with zero attached hydrogens (tertiary/aromatic N) is 2. The molecular formula is C14H11N3OS. The first-order valence-corrected chi connectivity index (χ1v) is 7.42. The molecule has 5 heteroatoms. The van der Waals surface area contributed by atoms with Crippen molar-refractivity contribution in [3.05, 3.63) is 53.5 Å². The third-order valence-electron chi connectivity index (χ3n) is 2.95. The number of para-hydroxylation sites is 2. The summed E-state index contributed by atoms with van der Waals surface area (Å²) in [6, 6.07) is 7.89. The third kappa shape index (κ3) is 1.79. The van der Waals surface area contributed by atoms with Gasteiger partial charge >= 0.3 is 0 Å². The zero-order chi connectivity index (χ0) is 12.7. The average Bonchev–Trinajstić information content (AvgIpc) is 3.17. The maximum atomic E-state index is 5.54. The fraction of sp³-hybridized carbons (Fsp3) is 0. The van der Waals surface area contributed by atoms with Gasteiger partial charge in [0.1, 0.15) is 11.3 Å². The fourth-order valence-corrected chi connectivity index (χ4v) is 3.39. The van der Waals surface area contributed by atoms with Gasteiger partial charge in [0.15, 0.2) is 5.82 Å². The molecule has 0 saturated heterocycles. The first-order chi connectivity index (χ1) is 9.40. The molecule has 0 saturated carbocycles. The van der Waals surface area contributed by atoms with Crippen molar-refractivity contribution in [3.8, 4) is 11.7 Å². The lowest BCUT2D eigenvalue weighted by Crippen LogP contribution is -1.81. The Bertz CT molecular complexity index is 755. The molecule has 1 aromatic carbocycles. The highest BCUT2D eigenvalue weighted by molar-refractivity contribution is 8.22. The van der Waals surface area contributed by atoms with Crippen LogP contribution in [0.2, 0.25) is 0 Å². The van der Waals surface area contributed by atoms with Gasteiger partial charge in [0.05, 0.1) is 11.0 Å². The molecule has 2 aromatic heterocycles. The van der Waals surface area contributed by atoms with Crippen LogP contribution in [0.4, 0.5) is 0 Å². The molecule has 1 aliphatic rings. The number of rotatable bonds is 2. The maximum Gasteiger partial charge on any atom is 0.263 e. The second-order valence-corrected chi connectivity index (χ2v) is 6.07. The number of hydrogen-bond donors (Lipinski definition) is 2. The molecule has 0 fully saturated rings. The minimum atomic E-state index is -0.441. The number of oxazole rings is 1. The van der Waals surface area contributed by atoms with E-state index in [0.717, 1.165) is 16.1 Å². The smallest absolute Gasteiger partial charge is 0.263 e.